The molecule has 0 spiro atoms. The van der Waals surface area contributed by atoms with Gasteiger partial charge in [-0.15, -0.1) is 0 Å². The molecule has 6 N–H and O–H groups in total. The first-order chi connectivity index (χ1) is 9.69. The number of aliphatic hydroxyl groups excluding tert-OH is 2. The Morgan fingerprint density at radius 2 is 1.95 bits per heavy atom. The summed E-state index contributed by atoms with van der Waals surface area (Å²) in [6.45, 7) is -0.668. The van der Waals surface area contributed by atoms with Crippen molar-refractivity contribution in [3.8, 4) is 11.9 Å². The van der Waals surface area contributed by atoms with E-state index in [4.69, 9.17) is 19.6 Å². The smallest absolute Gasteiger partial charge is 0.469 e. The molecule has 1 aromatic heterocycles. The summed E-state index contributed by atoms with van der Waals surface area (Å²) in [4.78, 5) is 23.8. The Morgan fingerprint density at radius 3 is 2.52 bits per heavy atom. The largest absolute Gasteiger partial charge is 0.493 e. The molecule has 0 radical (unpaired) electrons. The van der Waals surface area contributed by atoms with E-state index < -0.39 is 50.7 Å². The second-order valence-electron chi connectivity index (χ2n) is 4.31. The maximum atomic E-state index is 10.6. The quantitative estimate of drug-likeness (QED) is 0.342. The van der Waals surface area contributed by atoms with Crippen LogP contribution in [0.15, 0.2) is 6.20 Å². The highest BCUT2D eigenvalue weighted by atomic mass is 31.2. The van der Waals surface area contributed by atoms with E-state index in [0.717, 1.165) is 6.20 Å². The van der Waals surface area contributed by atoms with Crippen LogP contribution >= 0.6 is 7.82 Å². The van der Waals surface area contributed by atoms with Gasteiger partial charge < -0.3 is 34.9 Å². The monoisotopic (exact) mass is 324 g/mol. The van der Waals surface area contributed by atoms with Gasteiger partial charge in [0.2, 0.25) is 5.88 Å². The summed E-state index contributed by atoms with van der Waals surface area (Å²) >= 11 is 0. The predicted octanol–water partition coefficient (Wildman–Crippen LogP) is -1.84. The molecule has 1 aliphatic heterocycles. The molecule has 1 aromatic rings. The van der Waals surface area contributed by atoms with Gasteiger partial charge in [-0.05, 0) is 0 Å². The van der Waals surface area contributed by atoms with E-state index in [1.807, 2.05) is 0 Å². The molecular formula is C9H13N2O9P. The minimum Gasteiger partial charge on any atom is -0.493 e. The lowest BCUT2D eigenvalue weighted by atomic mass is 10.0. The number of aromatic nitrogens is 2. The Bertz CT molecular complexity index is 564. The highest BCUT2D eigenvalue weighted by Gasteiger charge is 2.45. The summed E-state index contributed by atoms with van der Waals surface area (Å²) in [6.07, 6.45) is -4.49. The molecule has 12 heteroatoms. The van der Waals surface area contributed by atoms with Gasteiger partial charge in [0.25, 0.3) is 0 Å². The maximum absolute atomic E-state index is 10.6. The van der Waals surface area contributed by atoms with Gasteiger partial charge >= 0.3 is 13.8 Å². The Morgan fingerprint density at radius 1 is 1.29 bits per heavy atom. The minimum atomic E-state index is -4.75. The molecule has 0 aliphatic carbocycles. The second-order valence-corrected chi connectivity index (χ2v) is 5.55. The van der Waals surface area contributed by atoms with Crippen LogP contribution in [-0.4, -0.2) is 65.1 Å². The van der Waals surface area contributed by atoms with Gasteiger partial charge in [-0.1, -0.05) is 0 Å². The van der Waals surface area contributed by atoms with Crippen LogP contribution in [0.4, 0.5) is 0 Å². The number of rotatable bonds is 4. The normalized spacial score (nSPS) is 29.7. The van der Waals surface area contributed by atoms with Crippen molar-refractivity contribution in [2.45, 2.75) is 24.4 Å². The van der Waals surface area contributed by atoms with Crippen molar-refractivity contribution in [3.05, 3.63) is 11.8 Å². The number of aliphatic hydroxyl groups is 2. The van der Waals surface area contributed by atoms with E-state index in [-0.39, 0.29) is 5.56 Å². The molecule has 0 amide bonds. The zero-order chi connectivity index (χ0) is 15.8. The summed E-state index contributed by atoms with van der Waals surface area (Å²) in [5.41, 5.74) is -0.0990. The van der Waals surface area contributed by atoms with Crippen molar-refractivity contribution < 1.29 is 44.0 Å². The van der Waals surface area contributed by atoms with Crippen LogP contribution in [-0.2, 0) is 13.8 Å². The molecule has 1 fully saturated rings. The van der Waals surface area contributed by atoms with E-state index in [1.165, 1.54) is 0 Å². The van der Waals surface area contributed by atoms with E-state index in [1.54, 1.807) is 0 Å². The topological polar surface area (TPSA) is 183 Å². The van der Waals surface area contributed by atoms with Gasteiger partial charge in [-0.25, -0.2) is 9.55 Å². The van der Waals surface area contributed by atoms with Gasteiger partial charge in [0, 0.05) is 6.20 Å². The molecule has 1 saturated heterocycles. The number of aromatic hydroxyl groups is 2. The van der Waals surface area contributed by atoms with Crippen molar-refractivity contribution in [1.29, 1.82) is 0 Å². The van der Waals surface area contributed by atoms with Crippen LogP contribution < -0.4 is 0 Å². The average molecular weight is 324 g/mol. The molecule has 2 heterocycles. The minimum absolute atomic E-state index is 0.0990. The number of nitrogens with zero attached hydrogens (tertiary/aromatic N) is 2. The molecule has 2 rings (SSSR count). The Hall–Kier alpha value is -1.33. The van der Waals surface area contributed by atoms with Crippen molar-refractivity contribution in [2.24, 2.45) is 0 Å². The van der Waals surface area contributed by atoms with E-state index >= 15 is 0 Å². The summed E-state index contributed by atoms with van der Waals surface area (Å²) < 4.78 is 20.0. The first kappa shape index (κ1) is 16.0. The molecule has 0 saturated carbocycles. The average Bonchev–Trinajstić information content (AvgIpc) is 2.64. The van der Waals surface area contributed by atoms with E-state index in [2.05, 4.69) is 14.5 Å². The maximum Gasteiger partial charge on any atom is 0.469 e. The molecule has 0 bridgehead atoms. The molecule has 1 aliphatic rings. The first-order valence-electron chi connectivity index (χ1n) is 5.65. The third kappa shape index (κ3) is 3.66. The zero-order valence-corrected chi connectivity index (χ0v) is 11.2. The van der Waals surface area contributed by atoms with Crippen LogP contribution in [0.5, 0.6) is 11.9 Å². The summed E-state index contributed by atoms with van der Waals surface area (Å²) in [7, 11) is -4.75. The van der Waals surface area contributed by atoms with Crippen molar-refractivity contribution in [2.75, 3.05) is 6.61 Å². The molecule has 11 nitrogen and oxygen atoms in total. The summed E-state index contributed by atoms with van der Waals surface area (Å²) in [5, 5.41) is 38.1. The lowest BCUT2D eigenvalue weighted by Crippen LogP contribution is -2.33. The van der Waals surface area contributed by atoms with Crippen molar-refractivity contribution in [1.82, 2.24) is 9.97 Å². The van der Waals surface area contributed by atoms with Gasteiger partial charge in [-0.3, -0.25) is 4.52 Å². The molecule has 0 unspecified atom stereocenters. The van der Waals surface area contributed by atoms with E-state index in [0.29, 0.717) is 0 Å². The molecule has 118 valence electrons. The molecule has 0 aromatic carbocycles. The van der Waals surface area contributed by atoms with Crippen LogP contribution in [0.2, 0.25) is 0 Å². The van der Waals surface area contributed by atoms with Crippen molar-refractivity contribution in [3.63, 3.8) is 0 Å². The van der Waals surface area contributed by atoms with Gasteiger partial charge in [0.1, 0.15) is 24.4 Å². The zero-order valence-electron chi connectivity index (χ0n) is 10.3. The number of phosphoric acid groups is 1. The standard InChI is InChI=1S/C9H13N2O9P/c12-5-4(2-19-21(16,17)18)20-7(6(5)13)3-1-10-9(15)11-8(3)14/h1,4-7,12-13H,2H2,(H2,16,17,18)(H2,10,11,14,15)/t4-,5-,6-,7+/m1/s1. The van der Waals surface area contributed by atoms with Crippen LogP contribution in [0.3, 0.4) is 0 Å². The number of hydrogen-bond donors (Lipinski definition) is 6. The fraction of sp³-hybridized carbons (Fsp3) is 0.556. The fourth-order valence-corrected chi connectivity index (χ4v) is 2.23. The second kappa shape index (κ2) is 5.81. The van der Waals surface area contributed by atoms with Gasteiger partial charge in [0.15, 0.2) is 0 Å². The lowest BCUT2D eigenvalue weighted by molar-refractivity contribution is -0.0231. The molecule has 21 heavy (non-hydrogen) atoms. The molecular weight excluding hydrogens is 311 g/mol. The fourth-order valence-electron chi connectivity index (χ4n) is 1.89. The molecule has 4 atom stereocenters. The Balaban J connectivity index is 2.14. The highest BCUT2D eigenvalue weighted by Crippen LogP contribution is 2.40. The predicted molar refractivity (Wildman–Crippen MR) is 63.0 cm³/mol. The van der Waals surface area contributed by atoms with Gasteiger partial charge in [-0.2, -0.15) is 4.98 Å². The Labute approximate surface area is 117 Å². The Kier molecular flexibility index (Phi) is 4.44. The third-order valence-electron chi connectivity index (χ3n) is 2.86. The summed E-state index contributed by atoms with van der Waals surface area (Å²) in [5.74, 6) is -0.657. The first-order valence-corrected chi connectivity index (χ1v) is 7.18. The SMILES string of the molecule is O=P(O)(O)OC[C@H]1O[C@@H](c2cnc(O)nc2O)[C@H](O)[C@@H]1O. The third-order valence-corrected chi connectivity index (χ3v) is 3.34. The van der Waals surface area contributed by atoms with Crippen LogP contribution in [0.1, 0.15) is 11.7 Å². The highest BCUT2D eigenvalue weighted by molar-refractivity contribution is 7.46. The van der Waals surface area contributed by atoms with Crippen LogP contribution in [0, 0.1) is 0 Å². The number of phosphoric ester groups is 1. The van der Waals surface area contributed by atoms with Crippen molar-refractivity contribution >= 4 is 7.82 Å². The summed E-state index contributed by atoms with van der Waals surface area (Å²) in [6, 6.07) is -0.689. The van der Waals surface area contributed by atoms with Gasteiger partial charge in [0.05, 0.1) is 12.2 Å². The number of ether oxygens (including phenoxy) is 1. The number of hydrogen-bond acceptors (Lipinski definition) is 9. The lowest BCUT2D eigenvalue weighted by Gasteiger charge is -2.15. The van der Waals surface area contributed by atoms with Crippen LogP contribution in [0.25, 0.3) is 0 Å². The van der Waals surface area contributed by atoms with E-state index in [9.17, 15) is 19.9 Å².